The van der Waals surface area contributed by atoms with Crippen LogP contribution >= 0.6 is 0 Å². The molecule has 106 valence electrons. The summed E-state index contributed by atoms with van der Waals surface area (Å²) in [6.07, 6.45) is 2.34. The summed E-state index contributed by atoms with van der Waals surface area (Å²) in [5.74, 6) is -2.07. The zero-order chi connectivity index (χ0) is 14.2. The maximum atomic E-state index is 13.7. The summed E-state index contributed by atoms with van der Waals surface area (Å²) in [6, 6.07) is 2.61. The third-order valence-electron chi connectivity index (χ3n) is 3.57. The van der Waals surface area contributed by atoms with Crippen LogP contribution in [0.2, 0.25) is 0 Å². The number of benzene rings is 1. The molecular formula is C13H17F2NO2S. The van der Waals surface area contributed by atoms with Crippen LogP contribution in [-0.2, 0) is 10.0 Å². The Morgan fingerprint density at radius 1 is 1.11 bits per heavy atom. The van der Waals surface area contributed by atoms with E-state index in [9.17, 15) is 17.2 Å². The SMILES string of the molecule is C[C@H]1CCC[C@H](C)N1S(=O)(=O)c1c(F)cccc1F. The van der Waals surface area contributed by atoms with Crippen molar-refractivity contribution in [3.63, 3.8) is 0 Å². The number of hydrogen-bond acceptors (Lipinski definition) is 2. The predicted molar refractivity (Wildman–Crippen MR) is 68.2 cm³/mol. The smallest absolute Gasteiger partial charge is 0.207 e. The minimum Gasteiger partial charge on any atom is -0.207 e. The third-order valence-corrected chi connectivity index (χ3v) is 5.75. The number of halogens is 2. The van der Waals surface area contributed by atoms with Crippen molar-refractivity contribution in [3.8, 4) is 0 Å². The molecule has 1 aromatic rings. The van der Waals surface area contributed by atoms with Gasteiger partial charge in [-0.3, -0.25) is 0 Å². The predicted octanol–water partition coefficient (Wildman–Crippen LogP) is 2.92. The lowest BCUT2D eigenvalue weighted by Gasteiger charge is -2.37. The zero-order valence-corrected chi connectivity index (χ0v) is 11.8. The molecule has 0 aromatic heterocycles. The quantitative estimate of drug-likeness (QED) is 0.839. The number of nitrogens with zero attached hydrogens (tertiary/aromatic N) is 1. The Labute approximate surface area is 112 Å². The van der Waals surface area contributed by atoms with Crippen LogP contribution in [0.5, 0.6) is 0 Å². The minimum atomic E-state index is -4.14. The highest BCUT2D eigenvalue weighted by Crippen LogP contribution is 2.31. The monoisotopic (exact) mass is 289 g/mol. The summed E-state index contributed by atoms with van der Waals surface area (Å²) in [6.45, 7) is 3.54. The minimum absolute atomic E-state index is 0.243. The molecule has 2 rings (SSSR count). The lowest BCUT2D eigenvalue weighted by molar-refractivity contribution is 0.203. The Bertz CT molecular complexity index is 544. The van der Waals surface area contributed by atoms with Crippen molar-refractivity contribution in [1.82, 2.24) is 4.31 Å². The van der Waals surface area contributed by atoms with E-state index < -0.39 is 26.6 Å². The molecule has 1 aromatic carbocycles. The summed E-state index contributed by atoms with van der Waals surface area (Å²) in [5.41, 5.74) is 0. The average molecular weight is 289 g/mol. The van der Waals surface area contributed by atoms with Gasteiger partial charge in [-0.1, -0.05) is 12.5 Å². The molecule has 0 aliphatic carbocycles. The van der Waals surface area contributed by atoms with Crippen molar-refractivity contribution in [2.45, 2.75) is 50.1 Å². The van der Waals surface area contributed by atoms with E-state index in [-0.39, 0.29) is 12.1 Å². The second kappa shape index (κ2) is 5.17. The van der Waals surface area contributed by atoms with Crippen molar-refractivity contribution >= 4 is 10.0 Å². The van der Waals surface area contributed by atoms with E-state index in [0.29, 0.717) is 12.8 Å². The fraction of sp³-hybridized carbons (Fsp3) is 0.538. The highest BCUT2D eigenvalue weighted by Gasteiger charge is 2.38. The highest BCUT2D eigenvalue weighted by molar-refractivity contribution is 7.89. The van der Waals surface area contributed by atoms with Crippen LogP contribution in [0, 0.1) is 11.6 Å². The van der Waals surface area contributed by atoms with Gasteiger partial charge in [0.25, 0.3) is 0 Å². The first-order valence-corrected chi connectivity index (χ1v) is 7.77. The van der Waals surface area contributed by atoms with Gasteiger partial charge in [-0.05, 0) is 38.8 Å². The molecule has 1 heterocycles. The topological polar surface area (TPSA) is 37.4 Å². The van der Waals surface area contributed by atoms with E-state index in [4.69, 9.17) is 0 Å². The van der Waals surface area contributed by atoms with E-state index >= 15 is 0 Å². The molecule has 0 unspecified atom stereocenters. The summed E-state index contributed by atoms with van der Waals surface area (Å²) in [4.78, 5) is -0.837. The summed E-state index contributed by atoms with van der Waals surface area (Å²) in [7, 11) is -4.14. The molecule has 1 fully saturated rings. The van der Waals surface area contributed by atoms with Crippen molar-refractivity contribution in [3.05, 3.63) is 29.8 Å². The Balaban J connectivity index is 2.53. The Hall–Kier alpha value is -1.01. The average Bonchev–Trinajstić information content (AvgIpc) is 2.27. The Morgan fingerprint density at radius 2 is 1.58 bits per heavy atom. The molecule has 1 saturated heterocycles. The van der Waals surface area contributed by atoms with Crippen LogP contribution in [0.4, 0.5) is 8.78 Å². The fourth-order valence-electron chi connectivity index (χ4n) is 2.71. The van der Waals surface area contributed by atoms with E-state index in [1.54, 1.807) is 13.8 Å². The molecule has 0 spiro atoms. The van der Waals surface area contributed by atoms with E-state index in [0.717, 1.165) is 24.6 Å². The first-order chi connectivity index (χ1) is 8.85. The second-order valence-electron chi connectivity index (χ2n) is 5.01. The van der Waals surface area contributed by atoms with Crippen LogP contribution < -0.4 is 0 Å². The highest BCUT2D eigenvalue weighted by atomic mass is 32.2. The van der Waals surface area contributed by atoms with Crippen LogP contribution in [0.1, 0.15) is 33.1 Å². The first kappa shape index (κ1) is 14.4. The van der Waals surface area contributed by atoms with E-state index in [1.165, 1.54) is 4.31 Å². The number of hydrogen-bond donors (Lipinski definition) is 0. The molecule has 0 amide bonds. The van der Waals surface area contributed by atoms with Crippen LogP contribution in [-0.4, -0.2) is 24.8 Å². The second-order valence-corrected chi connectivity index (χ2v) is 6.79. The molecule has 1 aliphatic heterocycles. The van der Waals surface area contributed by atoms with Gasteiger partial charge < -0.3 is 0 Å². The van der Waals surface area contributed by atoms with Gasteiger partial charge in [-0.15, -0.1) is 0 Å². The van der Waals surface area contributed by atoms with E-state index in [2.05, 4.69) is 0 Å². The summed E-state index contributed by atoms with van der Waals surface area (Å²) < 4.78 is 53.6. The molecule has 2 atom stereocenters. The van der Waals surface area contributed by atoms with Gasteiger partial charge in [0.05, 0.1) is 0 Å². The molecule has 0 N–H and O–H groups in total. The van der Waals surface area contributed by atoms with Crippen LogP contribution in [0.15, 0.2) is 23.1 Å². The maximum Gasteiger partial charge on any atom is 0.249 e. The molecule has 0 bridgehead atoms. The normalized spacial score (nSPS) is 25.5. The number of sulfonamides is 1. The molecular weight excluding hydrogens is 272 g/mol. The van der Waals surface area contributed by atoms with Crippen molar-refractivity contribution < 1.29 is 17.2 Å². The number of piperidine rings is 1. The fourth-order valence-corrected chi connectivity index (χ4v) is 4.70. The van der Waals surface area contributed by atoms with E-state index in [1.807, 2.05) is 0 Å². The van der Waals surface area contributed by atoms with Gasteiger partial charge in [-0.2, -0.15) is 4.31 Å². The molecule has 3 nitrogen and oxygen atoms in total. The lowest BCUT2D eigenvalue weighted by atomic mass is 10.0. The van der Waals surface area contributed by atoms with Crippen molar-refractivity contribution in [2.75, 3.05) is 0 Å². The van der Waals surface area contributed by atoms with Crippen molar-refractivity contribution in [2.24, 2.45) is 0 Å². The first-order valence-electron chi connectivity index (χ1n) is 6.33. The van der Waals surface area contributed by atoms with Gasteiger partial charge in [0.1, 0.15) is 11.6 Å². The molecule has 6 heteroatoms. The Kier molecular flexibility index (Phi) is 3.92. The standard InChI is InChI=1S/C13H17F2NO2S/c1-9-5-3-6-10(2)16(9)19(17,18)13-11(14)7-4-8-12(13)15/h4,7-10H,3,5-6H2,1-2H3/t9-,10-/m0/s1. The Morgan fingerprint density at radius 3 is 2.05 bits per heavy atom. The summed E-state index contributed by atoms with van der Waals surface area (Å²) in [5, 5.41) is 0. The van der Waals surface area contributed by atoms with Crippen LogP contribution in [0.25, 0.3) is 0 Å². The molecule has 0 radical (unpaired) electrons. The molecule has 19 heavy (non-hydrogen) atoms. The maximum absolute atomic E-state index is 13.7. The number of rotatable bonds is 2. The van der Waals surface area contributed by atoms with Gasteiger partial charge >= 0.3 is 0 Å². The zero-order valence-electron chi connectivity index (χ0n) is 10.9. The van der Waals surface area contributed by atoms with Gasteiger partial charge in [0, 0.05) is 12.1 Å². The largest absolute Gasteiger partial charge is 0.249 e. The third kappa shape index (κ3) is 2.51. The molecule has 1 aliphatic rings. The van der Waals surface area contributed by atoms with Gasteiger partial charge in [0.2, 0.25) is 10.0 Å². The van der Waals surface area contributed by atoms with Gasteiger partial charge in [-0.25, -0.2) is 17.2 Å². The van der Waals surface area contributed by atoms with Crippen LogP contribution in [0.3, 0.4) is 0 Å². The molecule has 0 saturated carbocycles. The lowest BCUT2D eigenvalue weighted by Crippen LogP contribution is -2.47. The van der Waals surface area contributed by atoms with Crippen molar-refractivity contribution in [1.29, 1.82) is 0 Å². The summed E-state index contributed by atoms with van der Waals surface area (Å²) >= 11 is 0. The van der Waals surface area contributed by atoms with Gasteiger partial charge in [0.15, 0.2) is 4.90 Å².